The van der Waals surface area contributed by atoms with Crippen molar-refractivity contribution in [2.24, 2.45) is 5.92 Å². The number of rotatable bonds is 4. The molecule has 0 saturated carbocycles. The molecule has 0 aliphatic carbocycles. The topological polar surface area (TPSA) is 61.9 Å². The van der Waals surface area contributed by atoms with Crippen molar-refractivity contribution in [3.8, 4) is 5.75 Å². The lowest BCUT2D eigenvalue weighted by molar-refractivity contribution is -0.132. The molecule has 1 aliphatic rings. The largest absolute Gasteiger partial charge is 0.496 e. The molecule has 0 radical (unpaired) electrons. The van der Waals surface area contributed by atoms with Gasteiger partial charge in [-0.15, -0.1) is 0 Å². The van der Waals surface area contributed by atoms with Gasteiger partial charge in [0, 0.05) is 38.8 Å². The van der Waals surface area contributed by atoms with Gasteiger partial charge in [0.2, 0.25) is 11.8 Å². The fourth-order valence-corrected chi connectivity index (χ4v) is 3.09. The molecule has 132 valence electrons. The second-order valence-corrected chi connectivity index (χ2v) is 6.41. The van der Waals surface area contributed by atoms with E-state index in [-0.39, 0.29) is 24.2 Å². The van der Waals surface area contributed by atoms with Gasteiger partial charge in [-0.05, 0) is 20.0 Å². The van der Waals surface area contributed by atoms with Crippen LogP contribution in [0.25, 0.3) is 0 Å². The Hall–Kier alpha value is -2.08. The highest BCUT2D eigenvalue weighted by molar-refractivity contribution is 5.82. The lowest BCUT2D eigenvalue weighted by Gasteiger charge is -2.24. The first-order valence-electron chi connectivity index (χ1n) is 8.26. The first-order valence-corrected chi connectivity index (χ1v) is 8.26. The Kier molecular flexibility index (Phi) is 6.20. The third kappa shape index (κ3) is 4.47. The summed E-state index contributed by atoms with van der Waals surface area (Å²) in [6, 6.07) is 5.84. The van der Waals surface area contributed by atoms with Crippen LogP contribution in [0.15, 0.2) is 18.2 Å². The molecule has 0 aromatic heterocycles. The van der Waals surface area contributed by atoms with Gasteiger partial charge in [0.25, 0.3) is 0 Å². The summed E-state index contributed by atoms with van der Waals surface area (Å²) in [6.07, 6.45) is 0.287. The third-order valence-electron chi connectivity index (χ3n) is 4.47. The van der Waals surface area contributed by atoms with Crippen LogP contribution in [0.3, 0.4) is 0 Å². The smallest absolute Gasteiger partial charge is 0.227 e. The molecule has 1 atom stereocenters. The van der Waals surface area contributed by atoms with Gasteiger partial charge in [-0.1, -0.05) is 17.7 Å². The maximum Gasteiger partial charge on any atom is 0.227 e. The number of methoxy groups -OCH3 is 1. The molecule has 0 spiro atoms. The number of benzene rings is 1. The normalized spacial score (nSPS) is 18.8. The third-order valence-corrected chi connectivity index (χ3v) is 4.47. The molecule has 1 aromatic rings. The number of carbonyl (C=O) groups is 2. The molecule has 1 heterocycles. The van der Waals surface area contributed by atoms with Crippen molar-refractivity contribution in [3.63, 3.8) is 0 Å². The molecule has 1 saturated heterocycles. The van der Waals surface area contributed by atoms with Crippen LogP contribution in [0.4, 0.5) is 0 Å². The van der Waals surface area contributed by atoms with Crippen LogP contribution in [0, 0.1) is 12.8 Å². The number of nitrogens with one attached hydrogen (secondary N) is 1. The Balaban J connectivity index is 2.13. The molecule has 0 bridgehead atoms. The van der Waals surface area contributed by atoms with Crippen molar-refractivity contribution in [2.45, 2.75) is 13.3 Å². The van der Waals surface area contributed by atoms with Crippen molar-refractivity contribution in [1.29, 1.82) is 0 Å². The quantitative estimate of drug-likeness (QED) is 0.880. The van der Waals surface area contributed by atoms with Crippen LogP contribution in [-0.2, 0) is 16.0 Å². The van der Waals surface area contributed by atoms with E-state index in [0.717, 1.165) is 23.4 Å². The maximum atomic E-state index is 12.8. The van der Waals surface area contributed by atoms with E-state index >= 15 is 0 Å². The van der Waals surface area contributed by atoms with Crippen LogP contribution < -0.4 is 10.1 Å². The molecular formula is C18H27N3O3. The summed E-state index contributed by atoms with van der Waals surface area (Å²) in [5, 5.41) is 2.69. The van der Waals surface area contributed by atoms with Crippen molar-refractivity contribution in [3.05, 3.63) is 29.3 Å². The summed E-state index contributed by atoms with van der Waals surface area (Å²) < 4.78 is 5.36. The molecule has 2 amide bonds. The van der Waals surface area contributed by atoms with E-state index in [1.54, 1.807) is 19.1 Å². The number of hydrogen-bond donors (Lipinski definition) is 1. The van der Waals surface area contributed by atoms with Gasteiger partial charge < -0.3 is 19.9 Å². The average molecular weight is 333 g/mol. The molecule has 2 rings (SSSR count). The number of nitrogens with zero attached hydrogens (tertiary/aromatic N) is 2. The van der Waals surface area contributed by atoms with Crippen molar-refractivity contribution >= 4 is 11.8 Å². The van der Waals surface area contributed by atoms with Crippen molar-refractivity contribution < 1.29 is 14.3 Å². The molecule has 6 nitrogen and oxygen atoms in total. The maximum absolute atomic E-state index is 12.8. The first-order chi connectivity index (χ1) is 11.4. The Bertz CT molecular complexity index is 603. The molecular weight excluding hydrogens is 306 g/mol. The van der Waals surface area contributed by atoms with E-state index < -0.39 is 0 Å². The minimum atomic E-state index is -0.203. The summed E-state index contributed by atoms with van der Waals surface area (Å²) >= 11 is 0. The summed E-state index contributed by atoms with van der Waals surface area (Å²) in [4.78, 5) is 28.7. The summed E-state index contributed by atoms with van der Waals surface area (Å²) in [5.41, 5.74) is 1.98. The lowest BCUT2D eigenvalue weighted by atomic mass is 10.1. The van der Waals surface area contributed by atoms with E-state index in [1.165, 1.54) is 0 Å². The van der Waals surface area contributed by atoms with Crippen molar-refractivity contribution in [2.75, 3.05) is 47.4 Å². The molecule has 1 N–H and O–H groups in total. The van der Waals surface area contributed by atoms with E-state index in [1.807, 2.05) is 32.2 Å². The van der Waals surface area contributed by atoms with Crippen LogP contribution in [0.5, 0.6) is 5.75 Å². The number of ether oxygens (including phenoxy) is 1. The summed E-state index contributed by atoms with van der Waals surface area (Å²) in [5.74, 6) is 0.535. The molecule has 1 aromatic carbocycles. The zero-order chi connectivity index (χ0) is 17.7. The van der Waals surface area contributed by atoms with Crippen LogP contribution in [0.1, 0.15) is 11.1 Å². The van der Waals surface area contributed by atoms with Gasteiger partial charge in [0.15, 0.2) is 0 Å². The molecule has 24 heavy (non-hydrogen) atoms. The minimum Gasteiger partial charge on any atom is -0.496 e. The van der Waals surface area contributed by atoms with E-state index in [2.05, 4.69) is 10.2 Å². The highest BCUT2D eigenvalue weighted by atomic mass is 16.5. The predicted octanol–water partition coefficient (Wildman–Crippen LogP) is 0.682. The fraction of sp³-hybridized carbons (Fsp3) is 0.556. The Morgan fingerprint density at radius 3 is 2.71 bits per heavy atom. The number of hydrogen-bond acceptors (Lipinski definition) is 4. The summed E-state index contributed by atoms with van der Waals surface area (Å²) in [6.45, 7) is 4.52. The molecule has 1 aliphatic heterocycles. The molecule has 0 unspecified atom stereocenters. The second kappa shape index (κ2) is 8.15. The Morgan fingerprint density at radius 2 is 2.04 bits per heavy atom. The standard InChI is InChI=1S/C18H27N3O3/c1-13-5-6-16(24-4)14(9-13)10-17(22)21-8-7-20(3)11-15(12-21)18(23)19-2/h5-6,9,15H,7-8,10-12H2,1-4H3,(H,19,23)/t15-/m1/s1. The molecule has 6 heteroatoms. The van der Waals surface area contributed by atoms with E-state index in [4.69, 9.17) is 4.74 Å². The predicted molar refractivity (Wildman–Crippen MR) is 93.1 cm³/mol. The second-order valence-electron chi connectivity index (χ2n) is 6.41. The fourth-order valence-electron chi connectivity index (χ4n) is 3.09. The average Bonchev–Trinajstić information content (AvgIpc) is 2.76. The lowest BCUT2D eigenvalue weighted by Crippen LogP contribution is -2.41. The van der Waals surface area contributed by atoms with Crippen molar-refractivity contribution in [1.82, 2.24) is 15.1 Å². The minimum absolute atomic E-state index is 0.0188. The van der Waals surface area contributed by atoms with Gasteiger partial charge in [-0.2, -0.15) is 0 Å². The van der Waals surface area contributed by atoms with E-state index in [0.29, 0.717) is 19.6 Å². The first kappa shape index (κ1) is 18.3. The monoisotopic (exact) mass is 333 g/mol. The van der Waals surface area contributed by atoms with Gasteiger partial charge in [0.05, 0.1) is 19.4 Å². The Labute approximate surface area is 143 Å². The number of amides is 2. The zero-order valence-electron chi connectivity index (χ0n) is 15.0. The van der Waals surface area contributed by atoms with Gasteiger partial charge >= 0.3 is 0 Å². The zero-order valence-corrected chi connectivity index (χ0v) is 15.0. The van der Waals surface area contributed by atoms with Crippen LogP contribution in [-0.4, -0.2) is 69.0 Å². The summed E-state index contributed by atoms with van der Waals surface area (Å²) in [7, 11) is 5.23. The number of carbonyl (C=O) groups excluding carboxylic acids is 2. The SMILES string of the molecule is CNC(=O)[C@@H]1CN(C)CCN(C(=O)Cc2cc(C)ccc2OC)C1. The highest BCUT2D eigenvalue weighted by Crippen LogP contribution is 2.21. The molecule has 1 fully saturated rings. The van der Waals surface area contributed by atoms with Crippen LogP contribution in [0.2, 0.25) is 0 Å². The van der Waals surface area contributed by atoms with Gasteiger partial charge in [-0.25, -0.2) is 0 Å². The van der Waals surface area contributed by atoms with Gasteiger partial charge in [0.1, 0.15) is 5.75 Å². The van der Waals surface area contributed by atoms with Crippen LogP contribution >= 0.6 is 0 Å². The number of likely N-dealkylation sites (N-methyl/N-ethyl adjacent to an activating group) is 1. The van der Waals surface area contributed by atoms with E-state index in [9.17, 15) is 9.59 Å². The highest BCUT2D eigenvalue weighted by Gasteiger charge is 2.28. The van der Waals surface area contributed by atoms with Gasteiger partial charge in [-0.3, -0.25) is 9.59 Å². The number of aryl methyl sites for hydroxylation is 1. The Morgan fingerprint density at radius 1 is 1.29 bits per heavy atom.